The van der Waals surface area contributed by atoms with Crippen molar-refractivity contribution in [1.82, 2.24) is 4.90 Å². The summed E-state index contributed by atoms with van der Waals surface area (Å²) in [6.45, 7) is 3.57. The zero-order valence-electron chi connectivity index (χ0n) is 14.1. The van der Waals surface area contributed by atoms with Gasteiger partial charge in [-0.3, -0.25) is 4.79 Å². The van der Waals surface area contributed by atoms with Crippen LogP contribution in [0.2, 0.25) is 0 Å². The number of amides is 1. The third-order valence-electron chi connectivity index (χ3n) is 4.37. The molecular formula is C20H21BrFNO2. The molecule has 25 heavy (non-hydrogen) atoms. The molecule has 0 aromatic heterocycles. The third-order valence-corrected chi connectivity index (χ3v) is 5.35. The molecule has 1 heterocycles. The van der Waals surface area contributed by atoms with Crippen molar-refractivity contribution < 1.29 is 13.9 Å². The number of carbonyl (C=O) groups excluding carboxylic acids is 1. The van der Waals surface area contributed by atoms with Crippen molar-refractivity contribution >= 4 is 21.8 Å². The number of benzene rings is 2. The van der Waals surface area contributed by atoms with E-state index >= 15 is 0 Å². The van der Waals surface area contributed by atoms with Crippen LogP contribution in [-0.2, 0) is 22.7 Å². The van der Waals surface area contributed by atoms with Crippen LogP contribution in [0.25, 0.3) is 0 Å². The molecule has 0 radical (unpaired) electrons. The number of nitrogens with zero attached hydrogens (tertiary/aromatic N) is 1. The van der Waals surface area contributed by atoms with E-state index < -0.39 is 0 Å². The smallest absolute Gasteiger partial charge is 0.239 e. The molecule has 1 aliphatic heterocycles. The minimum Gasteiger partial charge on any atom is -0.372 e. The van der Waals surface area contributed by atoms with E-state index in [4.69, 9.17) is 4.74 Å². The molecule has 0 spiro atoms. The van der Waals surface area contributed by atoms with Crippen molar-refractivity contribution in [1.29, 1.82) is 0 Å². The lowest BCUT2D eigenvalue weighted by molar-refractivity contribution is -0.138. The van der Waals surface area contributed by atoms with Gasteiger partial charge in [0.2, 0.25) is 5.91 Å². The number of hydrogen-bond donors (Lipinski definition) is 0. The first-order valence-corrected chi connectivity index (χ1v) is 9.29. The van der Waals surface area contributed by atoms with E-state index in [1.54, 1.807) is 11.0 Å². The zero-order valence-corrected chi connectivity index (χ0v) is 15.7. The Kier molecular flexibility index (Phi) is 5.86. The molecule has 1 fully saturated rings. The minimum atomic E-state index is -0.375. The van der Waals surface area contributed by atoms with Crippen molar-refractivity contribution in [2.75, 3.05) is 6.54 Å². The number of alkyl halides is 1. The van der Waals surface area contributed by atoms with Gasteiger partial charge in [-0.15, -0.1) is 0 Å². The Labute approximate surface area is 155 Å². The van der Waals surface area contributed by atoms with E-state index in [1.807, 2.05) is 31.2 Å². The number of likely N-dealkylation sites (tertiary alicyclic amines) is 1. The van der Waals surface area contributed by atoms with Crippen LogP contribution >= 0.6 is 15.9 Å². The highest BCUT2D eigenvalue weighted by molar-refractivity contribution is 9.10. The maximum atomic E-state index is 13.3. The second kappa shape index (κ2) is 8.11. The topological polar surface area (TPSA) is 29.5 Å². The predicted molar refractivity (Wildman–Crippen MR) is 98.9 cm³/mol. The number of halogens is 2. The van der Waals surface area contributed by atoms with Crippen molar-refractivity contribution in [2.45, 2.75) is 37.4 Å². The van der Waals surface area contributed by atoms with Crippen molar-refractivity contribution in [3.05, 3.63) is 71.0 Å². The quantitative estimate of drug-likeness (QED) is 0.697. The van der Waals surface area contributed by atoms with Gasteiger partial charge in [0.25, 0.3) is 0 Å². The van der Waals surface area contributed by atoms with E-state index in [9.17, 15) is 9.18 Å². The first kappa shape index (κ1) is 18.1. The van der Waals surface area contributed by atoms with Crippen LogP contribution in [0.1, 0.15) is 23.1 Å². The lowest BCUT2D eigenvalue weighted by Gasteiger charge is -2.35. The Morgan fingerprint density at radius 2 is 1.96 bits per heavy atom. The molecule has 0 bridgehead atoms. The van der Waals surface area contributed by atoms with Crippen molar-refractivity contribution in [3.63, 3.8) is 0 Å². The lowest BCUT2D eigenvalue weighted by Crippen LogP contribution is -2.49. The Hall–Kier alpha value is -1.72. The van der Waals surface area contributed by atoms with E-state index in [0.717, 1.165) is 17.5 Å². The molecule has 3 nitrogen and oxygen atoms in total. The largest absolute Gasteiger partial charge is 0.372 e. The number of rotatable bonds is 5. The zero-order chi connectivity index (χ0) is 17.8. The van der Waals surface area contributed by atoms with Gasteiger partial charge in [0, 0.05) is 13.1 Å². The fourth-order valence-electron chi connectivity index (χ4n) is 3.06. The Balaban J connectivity index is 1.57. The molecule has 2 unspecified atom stereocenters. The first-order chi connectivity index (χ1) is 12.0. The molecule has 0 N–H and O–H groups in total. The summed E-state index contributed by atoms with van der Waals surface area (Å²) < 4.78 is 19.3. The molecule has 1 aliphatic rings. The molecule has 2 atom stereocenters. The number of carbonyl (C=O) groups is 1. The molecule has 0 aliphatic carbocycles. The summed E-state index contributed by atoms with van der Waals surface area (Å²) in [6, 6.07) is 14.5. The Bertz CT molecular complexity index is 752. The first-order valence-electron chi connectivity index (χ1n) is 8.37. The SMILES string of the molecule is Cc1cccc(COC2CCN(Cc3cccc(F)c3)C(=O)C2Br)c1. The standard InChI is InChI=1S/C20H21BrFNO2/c1-14-4-2-6-16(10-14)13-25-18-8-9-23(20(24)19(18)21)12-15-5-3-7-17(22)11-15/h2-7,10-11,18-19H,8-9,12-13H2,1H3. The van der Waals surface area contributed by atoms with Gasteiger partial charge >= 0.3 is 0 Å². The summed E-state index contributed by atoms with van der Waals surface area (Å²) in [5.74, 6) is -0.290. The molecular weight excluding hydrogens is 385 g/mol. The van der Waals surface area contributed by atoms with Gasteiger partial charge in [-0.1, -0.05) is 57.9 Å². The number of aryl methyl sites for hydroxylation is 1. The summed E-state index contributed by atoms with van der Waals surface area (Å²) in [7, 11) is 0. The highest BCUT2D eigenvalue weighted by Gasteiger charge is 2.35. The summed E-state index contributed by atoms with van der Waals surface area (Å²) in [4.78, 5) is 14.0. The minimum absolute atomic E-state index is 0.00949. The maximum Gasteiger partial charge on any atom is 0.239 e. The number of piperidine rings is 1. The van der Waals surface area contributed by atoms with Crippen LogP contribution in [0.3, 0.4) is 0 Å². The van der Waals surface area contributed by atoms with Crippen LogP contribution in [0, 0.1) is 12.7 Å². The van der Waals surface area contributed by atoms with Gasteiger partial charge in [-0.05, 0) is 36.6 Å². The van der Waals surface area contributed by atoms with E-state index in [1.165, 1.54) is 17.7 Å². The highest BCUT2D eigenvalue weighted by atomic mass is 79.9. The summed E-state index contributed by atoms with van der Waals surface area (Å²) in [5, 5.41) is 0. The van der Waals surface area contributed by atoms with E-state index in [-0.39, 0.29) is 22.7 Å². The summed E-state index contributed by atoms with van der Waals surface area (Å²) >= 11 is 3.49. The van der Waals surface area contributed by atoms with Gasteiger partial charge in [0.05, 0.1) is 12.7 Å². The lowest BCUT2D eigenvalue weighted by atomic mass is 10.1. The number of hydrogen-bond acceptors (Lipinski definition) is 2. The average Bonchev–Trinajstić information content (AvgIpc) is 2.58. The number of ether oxygens (including phenoxy) is 1. The van der Waals surface area contributed by atoms with Crippen molar-refractivity contribution in [3.8, 4) is 0 Å². The highest BCUT2D eigenvalue weighted by Crippen LogP contribution is 2.25. The fraction of sp³-hybridized carbons (Fsp3) is 0.350. The molecule has 2 aromatic carbocycles. The van der Waals surface area contributed by atoms with E-state index in [2.05, 4.69) is 22.0 Å². The van der Waals surface area contributed by atoms with Gasteiger partial charge < -0.3 is 9.64 Å². The Morgan fingerprint density at radius 1 is 1.20 bits per heavy atom. The fourth-order valence-corrected chi connectivity index (χ4v) is 3.77. The van der Waals surface area contributed by atoms with Crippen LogP contribution in [0.4, 0.5) is 4.39 Å². The van der Waals surface area contributed by atoms with Crippen LogP contribution in [-0.4, -0.2) is 28.3 Å². The average molecular weight is 406 g/mol. The van der Waals surface area contributed by atoms with E-state index in [0.29, 0.717) is 19.7 Å². The Morgan fingerprint density at radius 3 is 2.72 bits per heavy atom. The molecule has 0 saturated carbocycles. The molecule has 1 saturated heterocycles. The normalized spacial score (nSPS) is 20.8. The van der Waals surface area contributed by atoms with Crippen LogP contribution in [0.5, 0.6) is 0 Å². The summed E-state index contributed by atoms with van der Waals surface area (Å²) in [5.41, 5.74) is 3.10. The monoisotopic (exact) mass is 405 g/mol. The summed E-state index contributed by atoms with van der Waals surface area (Å²) in [6.07, 6.45) is 0.597. The third kappa shape index (κ3) is 4.67. The maximum absolute atomic E-state index is 13.3. The van der Waals surface area contributed by atoms with Gasteiger partial charge in [-0.25, -0.2) is 4.39 Å². The molecule has 132 valence electrons. The van der Waals surface area contributed by atoms with Gasteiger partial charge in [0.15, 0.2) is 0 Å². The van der Waals surface area contributed by atoms with Crippen molar-refractivity contribution in [2.24, 2.45) is 0 Å². The van der Waals surface area contributed by atoms with Crippen LogP contribution in [0.15, 0.2) is 48.5 Å². The molecule has 3 rings (SSSR count). The second-order valence-electron chi connectivity index (χ2n) is 6.42. The van der Waals surface area contributed by atoms with Crippen LogP contribution < -0.4 is 0 Å². The molecule has 5 heteroatoms. The second-order valence-corrected chi connectivity index (χ2v) is 7.41. The van der Waals surface area contributed by atoms with Gasteiger partial charge in [-0.2, -0.15) is 0 Å². The molecule has 1 amide bonds. The van der Waals surface area contributed by atoms with Gasteiger partial charge in [0.1, 0.15) is 10.6 Å². The predicted octanol–water partition coefficient (Wildman–Crippen LogP) is 4.22. The molecule has 2 aromatic rings.